The summed E-state index contributed by atoms with van der Waals surface area (Å²) in [6, 6.07) is 8.37. The number of benzene rings is 1. The minimum absolute atomic E-state index is 0.121. The van der Waals surface area contributed by atoms with E-state index in [4.69, 9.17) is 9.26 Å². The van der Waals surface area contributed by atoms with Gasteiger partial charge in [0.25, 0.3) is 0 Å². The molecule has 5 rings (SSSR count). The van der Waals surface area contributed by atoms with E-state index in [0.717, 1.165) is 43.1 Å². The SMILES string of the molecule is CC1CC1(c1noc(=O)[nH]1)n1c(C=O)cc2cc(C3CCOC(C)(C)C3)ccc21. The van der Waals surface area contributed by atoms with Gasteiger partial charge in [-0.25, -0.2) is 4.79 Å². The first kappa shape index (κ1) is 18.4. The number of hydrogen-bond donors (Lipinski definition) is 1. The van der Waals surface area contributed by atoms with E-state index < -0.39 is 11.3 Å². The van der Waals surface area contributed by atoms with Gasteiger partial charge in [0.1, 0.15) is 5.54 Å². The maximum absolute atomic E-state index is 11.9. The highest BCUT2D eigenvalue weighted by Crippen LogP contribution is 2.55. The van der Waals surface area contributed by atoms with Crippen molar-refractivity contribution in [1.29, 1.82) is 0 Å². The molecule has 3 atom stereocenters. The topological polar surface area (TPSA) is 90.1 Å². The van der Waals surface area contributed by atoms with Crippen LogP contribution in [0.15, 0.2) is 33.6 Å². The smallest absolute Gasteiger partial charge is 0.376 e. The molecule has 2 aliphatic rings. The van der Waals surface area contributed by atoms with Gasteiger partial charge in [-0.1, -0.05) is 18.1 Å². The fraction of sp³-hybridized carbons (Fsp3) is 0.500. The molecule has 7 heteroatoms. The Morgan fingerprint density at radius 3 is 2.69 bits per heavy atom. The predicted octanol–water partition coefficient (Wildman–Crippen LogP) is 3.59. The molecule has 1 aromatic carbocycles. The minimum atomic E-state index is -0.577. The van der Waals surface area contributed by atoms with E-state index in [1.54, 1.807) is 0 Å². The Hall–Kier alpha value is -2.67. The van der Waals surface area contributed by atoms with Crippen LogP contribution in [0.1, 0.15) is 67.8 Å². The summed E-state index contributed by atoms with van der Waals surface area (Å²) in [5.41, 5.74) is 2.15. The van der Waals surface area contributed by atoms with E-state index in [-0.39, 0.29) is 11.5 Å². The molecule has 1 N–H and O–H groups in total. The van der Waals surface area contributed by atoms with Crippen molar-refractivity contribution >= 4 is 17.2 Å². The van der Waals surface area contributed by atoms with E-state index in [2.05, 4.69) is 49.1 Å². The van der Waals surface area contributed by atoms with E-state index in [0.29, 0.717) is 17.4 Å². The first-order valence-electron chi connectivity index (χ1n) is 10.2. The normalized spacial score (nSPS) is 28.5. The second kappa shape index (κ2) is 6.16. The molecule has 29 heavy (non-hydrogen) atoms. The minimum Gasteiger partial charge on any atom is -0.376 e. The number of nitrogens with one attached hydrogen (secondary N) is 1. The van der Waals surface area contributed by atoms with Gasteiger partial charge in [0.05, 0.1) is 11.3 Å². The van der Waals surface area contributed by atoms with Gasteiger partial charge in [0.2, 0.25) is 0 Å². The van der Waals surface area contributed by atoms with Crippen molar-refractivity contribution in [3.8, 4) is 0 Å². The first-order chi connectivity index (χ1) is 13.8. The van der Waals surface area contributed by atoms with Crippen LogP contribution in [0.2, 0.25) is 0 Å². The van der Waals surface area contributed by atoms with Crippen molar-refractivity contribution < 1.29 is 14.1 Å². The van der Waals surface area contributed by atoms with Crippen molar-refractivity contribution in [3.63, 3.8) is 0 Å². The second-order valence-electron chi connectivity index (χ2n) is 9.11. The van der Waals surface area contributed by atoms with Crippen LogP contribution < -0.4 is 5.76 Å². The number of aromatic amines is 1. The molecule has 0 bridgehead atoms. The Bertz CT molecular complexity index is 1150. The zero-order valence-corrected chi connectivity index (χ0v) is 16.9. The molecular weight excluding hydrogens is 370 g/mol. The highest BCUT2D eigenvalue weighted by molar-refractivity contribution is 5.90. The lowest BCUT2D eigenvalue weighted by Crippen LogP contribution is -2.32. The third-order valence-corrected chi connectivity index (χ3v) is 6.67. The average molecular weight is 395 g/mol. The van der Waals surface area contributed by atoms with Crippen LogP contribution in [0.25, 0.3) is 10.9 Å². The Morgan fingerprint density at radius 2 is 2.07 bits per heavy atom. The van der Waals surface area contributed by atoms with Crippen molar-refractivity contribution in [2.45, 2.75) is 57.1 Å². The van der Waals surface area contributed by atoms with E-state index in [1.807, 2.05) is 10.6 Å². The summed E-state index contributed by atoms with van der Waals surface area (Å²) in [5.74, 6) is 0.568. The van der Waals surface area contributed by atoms with E-state index in [9.17, 15) is 9.59 Å². The van der Waals surface area contributed by atoms with Gasteiger partial charge in [-0.15, -0.1) is 0 Å². The second-order valence-corrected chi connectivity index (χ2v) is 9.11. The number of fused-ring (bicyclic) bond motifs is 1. The van der Waals surface area contributed by atoms with Crippen LogP contribution in [0.3, 0.4) is 0 Å². The standard InChI is InChI=1S/C22H25N3O4/c1-13-10-22(13,19-23-20(27)29-24-19)25-17(12-26)9-16-8-14(4-5-18(16)25)15-6-7-28-21(2,3)11-15/h4-5,8-9,12-13,15H,6-7,10-11H2,1-3H3,(H,23,24,27). The van der Waals surface area contributed by atoms with Gasteiger partial charge in [-0.3, -0.25) is 14.3 Å². The van der Waals surface area contributed by atoms with Crippen LogP contribution in [0, 0.1) is 5.92 Å². The Kier molecular flexibility index (Phi) is 3.90. The molecule has 3 unspecified atom stereocenters. The van der Waals surface area contributed by atoms with Gasteiger partial charge < -0.3 is 9.30 Å². The summed E-state index contributed by atoms with van der Waals surface area (Å²) in [7, 11) is 0. The van der Waals surface area contributed by atoms with Crippen LogP contribution in [0.5, 0.6) is 0 Å². The molecule has 0 amide bonds. The van der Waals surface area contributed by atoms with Gasteiger partial charge in [-0.2, -0.15) is 0 Å². The van der Waals surface area contributed by atoms with Gasteiger partial charge in [0.15, 0.2) is 12.1 Å². The van der Waals surface area contributed by atoms with Crippen molar-refractivity contribution in [2.75, 3.05) is 6.61 Å². The fourth-order valence-corrected chi connectivity index (χ4v) is 5.13. The molecule has 1 saturated carbocycles. The van der Waals surface area contributed by atoms with E-state index >= 15 is 0 Å². The number of H-pyrrole nitrogens is 1. The van der Waals surface area contributed by atoms with Gasteiger partial charge in [-0.05, 0) is 68.7 Å². The largest absolute Gasteiger partial charge is 0.438 e. The molecule has 0 radical (unpaired) electrons. The summed E-state index contributed by atoms with van der Waals surface area (Å²) >= 11 is 0. The van der Waals surface area contributed by atoms with Crippen LogP contribution in [0.4, 0.5) is 0 Å². The highest BCUT2D eigenvalue weighted by atomic mass is 16.5. The summed E-state index contributed by atoms with van der Waals surface area (Å²) in [6.07, 6.45) is 3.64. The fourth-order valence-electron chi connectivity index (χ4n) is 5.13. The number of hydrogen-bond acceptors (Lipinski definition) is 5. The molecule has 3 aromatic rings. The molecule has 2 aromatic heterocycles. The maximum atomic E-state index is 11.9. The number of carbonyl (C=O) groups is 1. The summed E-state index contributed by atoms with van der Waals surface area (Å²) < 4.78 is 12.7. The molecular formula is C22H25N3O4. The number of aldehydes is 1. The Balaban J connectivity index is 1.62. The lowest BCUT2D eigenvalue weighted by molar-refractivity contribution is -0.0592. The lowest BCUT2D eigenvalue weighted by atomic mass is 9.83. The zero-order valence-electron chi connectivity index (χ0n) is 16.9. The average Bonchev–Trinajstić information content (AvgIpc) is 3.03. The van der Waals surface area contributed by atoms with Crippen molar-refractivity contribution in [1.82, 2.24) is 14.7 Å². The lowest BCUT2D eigenvalue weighted by Gasteiger charge is -2.35. The molecule has 1 aliphatic carbocycles. The quantitative estimate of drug-likeness (QED) is 0.682. The zero-order chi connectivity index (χ0) is 20.4. The molecule has 3 heterocycles. The Labute approximate surface area is 168 Å². The van der Waals surface area contributed by atoms with E-state index in [1.165, 1.54) is 5.56 Å². The molecule has 2 fully saturated rings. The summed E-state index contributed by atoms with van der Waals surface area (Å²) in [4.78, 5) is 26.2. The molecule has 0 spiro atoms. The van der Waals surface area contributed by atoms with Crippen LogP contribution in [-0.2, 0) is 10.3 Å². The molecule has 7 nitrogen and oxygen atoms in total. The van der Waals surface area contributed by atoms with Gasteiger partial charge in [0, 0.05) is 17.5 Å². The monoisotopic (exact) mass is 395 g/mol. The van der Waals surface area contributed by atoms with Crippen LogP contribution >= 0.6 is 0 Å². The number of aromatic nitrogens is 3. The number of nitrogens with zero attached hydrogens (tertiary/aromatic N) is 2. The number of ether oxygens (including phenoxy) is 1. The number of carbonyl (C=O) groups excluding carboxylic acids is 1. The number of rotatable bonds is 4. The van der Waals surface area contributed by atoms with Gasteiger partial charge >= 0.3 is 5.76 Å². The Morgan fingerprint density at radius 1 is 1.28 bits per heavy atom. The first-order valence-corrected chi connectivity index (χ1v) is 10.2. The highest BCUT2D eigenvalue weighted by Gasteiger charge is 2.58. The van der Waals surface area contributed by atoms with Crippen molar-refractivity contribution in [2.24, 2.45) is 5.92 Å². The maximum Gasteiger partial charge on any atom is 0.438 e. The summed E-state index contributed by atoms with van der Waals surface area (Å²) in [5, 5.41) is 4.98. The summed E-state index contributed by atoms with van der Waals surface area (Å²) in [6.45, 7) is 7.12. The molecule has 152 valence electrons. The predicted molar refractivity (Wildman–Crippen MR) is 107 cm³/mol. The third-order valence-electron chi connectivity index (χ3n) is 6.67. The van der Waals surface area contributed by atoms with Crippen molar-refractivity contribution in [3.05, 3.63) is 51.9 Å². The van der Waals surface area contributed by atoms with Crippen LogP contribution in [-0.4, -0.2) is 33.2 Å². The molecule has 1 aliphatic heterocycles. The molecule has 1 saturated heterocycles. The third kappa shape index (κ3) is 2.79.